The second-order valence-electron chi connectivity index (χ2n) is 8.43. The fourth-order valence-corrected chi connectivity index (χ4v) is 5.69. The summed E-state index contributed by atoms with van der Waals surface area (Å²) in [6.45, 7) is 2.96. The fourth-order valence-electron chi connectivity index (χ4n) is 4.66. The first-order chi connectivity index (χ1) is 15.1. The summed E-state index contributed by atoms with van der Waals surface area (Å²) in [6.07, 6.45) is 1.52. The molecular formula is C20H26F3N5O3S. The number of halogens is 3. The first-order valence-corrected chi connectivity index (χ1v) is 12.3. The van der Waals surface area contributed by atoms with E-state index in [9.17, 15) is 26.4 Å². The van der Waals surface area contributed by atoms with E-state index in [4.69, 9.17) is 0 Å². The molecule has 2 N–H and O–H groups in total. The van der Waals surface area contributed by atoms with Crippen LogP contribution in [0.1, 0.15) is 43.0 Å². The summed E-state index contributed by atoms with van der Waals surface area (Å²) in [6, 6.07) is 2.05. The van der Waals surface area contributed by atoms with Gasteiger partial charge in [0.1, 0.15) is 5.65 Å². The van der Waals surface area contributed by atoms with Crippen LogP contribution >= 0.6 is 0 Å². The Morgan fingerprint density at radius 2 is 1.97 bits per heavy atom. The van der Waals surface area contributed by atoms with E-state index in [1.165, 1.54) is 0 Å². The van der Waals surface area contributed by atoms with Gasteiger partial charge in [-0.15, -0.1) is 0 Å². The van der Waals surface area contributed by atoms with Crippen molar-refractivity contribution in [2.45, 2.75) is 44.8 Å². The number of pyridine rings is 1. The molecule has 0 saturated heterocycles. The molecular weight excluding hydrogens is 447 g/mol. The van der Waals surface area contributed by atoms with E-state index < -0.39 is 22.0 Å². The first-order valence-electron chi connectivity index (χ1n) is 10.6. The Bertz CT molecular complexity index is 1090. The Hall–Kier alpha value is -2.34. The van der Waals surface area contributed by atoms with Crippen LogP contribution in [0, 0.1) is 5.92 Å². The number of H-pyrrole nitrogens is 1. The highest BCUT2D eigenvalue weighted by atomic mass is 32.2. The van der Waals surface area contributed by atoms with Crippen LogP contribution in [0.4, 0.5) is 18.9 Å². The number of hydrogen-bond acceptors (Lipinski definition) is 5. The van der Waals surface area contributed by atoms with Gasteiger partial charge in [0.25, 0.3) is 5.91 Å². The number of aromatic nitrogens is 2. The zero-order valence-corrected chi connectivity index (χ0v) is 18.5. The summed E-state index contributed by atoms with van der Waals surface area (Å²) in [5, 5.41) is 0.883. The van der Waals surface area contributed by atoms with Gasteiger partial charge < -0.3 is 14.8 Å². The van der Waals surface area contributed by atoms with Gasteiger partial charge in [0, 0.05) is 36.9 Å². The summed E-state index contributed by atoms with van der Waals surface area (Å²) in [7, 11) is -4.39. The van der Waals surface area contributed by atoms with E-state index in [1.807, 2.05) is 13.0 Å². The largest absolute Gasteiger partial charge is 0.404 e. The van der Waals surface area contributed by atoms with Crippen molar-refractivity contribution in [3.63, 3.8) is 0 Å². The molecule has 1 aliphatic heterocycles. The second-order valence-corrected chi connectivity index (χ2v) is 10.2. The maximum absolute atomic E-state index is 12.9. The van der Waals surface area contributed by atoms with Gasteiger partial charge in [0.15, 0.2) is 5.75 Å². The lowest BCUT2D eigenvalue weighted by atomic mass is 9.85. The highest BCUT2D eigenvalue weighted by Gasteiger charge is 2.37. The molecule has 3 heterocycles. The number of sulfonamides is 1. The predicted octanol–water partition coefficient (Wildman–Crippen LogP) is 2.84. The number of carbonyl (C=O) groups is 1. The minimum atomic E-state index is -4.76. The Labute approximate surface area is 184 Å². The van der Waals surface area contributed by atoms with Crippen LogP contribution in [0.5, 0.6) is 0 Å². The average Bonchev–Trinajstić information content (AvgIpc) is 3.20. The van der Waals surface area contributed by atoms with E-state index >= 15 is 0 Å². The summed E-state index contributed by atoms with van der Waals surface area (Å²) in [5.41, 5.74) is 2.13. The van der Waals surface area contributed by atoms with Gasteiger partial charge in [0.05, 0.1) is 17.9 Å². The molecule has 0 bridgehead atoms. The highest BCUT2D eigenvalue weighted by Crippen LogP contribution is 2.38. The molecule has 2 aromatic heterocycles. The number of hydrogen-bond donors (Lipinski definition) is 2. The van der Waals surface area contributed by atoms with Gasteiger partial charge in [-0.1, -0.05) is 0 Å². The van der Waals surface area contributed by atoms with Crippen molar-refractivity contribution in [3.05, 3.63) is 24.0 Å². The van der Waals surface area contributed by atoms with Gasteiger partial charge in [-0.3, -0.25) is 4.79 Å². The second kappa shape index (κ2) is 8.54. The van der Waals surface area contributed by atoms with E-state index in [-0.39, 0.29) is 24.4 Å². The number of amides is 1. The molecule has 12 heteroatoms. The van der Waals surface area contributed by atoms with Gasteiger partial charge in [-0.05, 0) is 44.6 Å². The van der Waals surface area contributed by atoms with Crippen molar-refractivity contribution in [2.24, 2.45) is 5.92 Å². The monoisotopic (exact) mass is 473 g/mol. The molecule has 32 heavy (non-hydrogen) atoms. The maximum Gasteiger partial charge on any atom is 0.404 e. The summed E-state index contributed by atoms with van der Waals surface area (Å²) < 4.78 is 62.6. The van der Waals surface area contributed by atoms with Crippen LogP contribution in [0.25, 0.3) is 11.0 Å². The number of aromatic amines is 1. The van der Waals surface area contributed by atoms with Crippen LogP contribution in [0.2, 0.25) is 0 Å². The molecule has 0 radical (unpaired) electrons. The van der Waals surface area contributed by atoms with Crippen LogP contribution in [0.3, 0.4) is 0 Å². The van der Waals surface area contributed by atoms with Crippen LogP contribution in [-0.2, 0) is 10.0 Å². The molecule has 176 valence electrons. The Balaban J connectivity index is 1.46. The zero-order valence-electron chi connectivity index (χ0n) is 17.7. The normalized spacial score (nSPS) is 22.4. The number of nitrogens with zero attached hydrogens (tertiary/aromatic N) is 3. The van der Waals surface area contributed by atoms with E-state index in [1.54, 1.807) is 17.3 Å². The number of rotatable bonds is 6. The van der Waals surface area contributed by atoms with Crippen molar-refractivity contribution in [1.82, 2.24) is 19.6 Å². The molecule has 2 aromatic rings. The summed E-state index contributed by atoms with van der Waals surface area (Å²) in [5.74, 6) is -1.93. The molecule has 1 saturated carbocycles. The van der Waals surface area contributed by atoms with Crippen LogP contribution < -0.4 is 9.62 Å². The smallest absolute Gasteiger partial charge is 0.349 e. The third-order valence-corrected chi connectivity index (χ3v) is 7.58. The molecule has 2 aliphatic rings. The lowest BCUT2D eigenvalue weighted by Gasteiger charge is -2.44. The molecule has 0 atom stereocenters. The fraction of sp³-hybridized carbons (Fsp3) is 0.600. The SMILES string of the molecule is CCN1CN(C2CCC(CNS(=O)(=O)CC(F)(F)F)CC2)c2c(cnc3[nH]ccc23)C1=O. The van der Waals surface area contributed by atoms with Crippen LogP contribution in [0.15, 0.2) is 18.5 Å². The summed E-state index contributed by atoms with van der Waals surface area (Å²) >= 11 is 0. The van der Waals surface area contributed by atoms with Crippen molar-refractivity contribution >= 4 is 32.7 Å². The Kier molecular flexibility index (Phi) is 6.10. The lowest BCUT2D eigenvalue weighted by Crippen LogP contribution is -2.52. The van der Waals surface area contributed by atoms with Crippen molar-refractivity contribution in [2.75, 3.05) is 30.4 Å². The van der Waals surface area contributed by atoms with Gasteiger partial charge in [-0.2, -0.15) is 13.2 Å². The van der Waals surface area contributed by atoms with Gasteiger partial charge in [0.2, 0.25) is 10.0 Å². The third-order valence-electron chi connectivity index (χ3n) is 6.27. The Morgan fingerprint density at radius 3 is 2.62 bits per heavy atom. The lowest BCUT2D eigenvalue weighted by molar-refractivity contribution is -0.106. The molecule has 0 aromatic carbocycles. The van der Waals surface area contributed by atoms with E-state index in [0.29, 0.717) is 37.3 Å². The Morgan fingerprint density at radius 1 is 1.25 bits per heavy atom. The zero-order chi connectivity index (χ0) is 23.1. The molecule has 0 spiro atoms. The van der Waals surface area contributed by atoms with Crippen molar-refractivity contribution in [3.8, 4) is 0 Å². The molecule has 4 rings (SSSR count). The van der Waals surface area contributed by atoms with Crippen LogP contribution in [-0.4, -0.2) is 66.9 Å². The average molecular weight is 474 g/mol. The molecule has 0 unspecified atom stereocenters. The third kappa shape index (κ3) is 4.70. The first kappa shape index (κ1) is 22.8. The highest BCUT2D eigenvalue weighted by molar-refractivity contribution is 7.89. The predicted molar refractivity (Wildman–Crippen MR) is 114 cm³/mol. The number of carbonyl (C=O) groups excluding carboxylic acids is 1. The number of alkyl halides is 3. The van der Waals surface area contributed by atoms with Crippen molar-refractivity contribution < 1.29 is 26.4 Å². The van der Waals surface area contributed by atoms with Gasteiger partial charge in [-0.25, -0.2) is 18.1 Å². The summed E-state index contributed by atoms with van der Waals surface area (Å²) in [4.78, 5) is 24.3. The minimum absolute atomic E-state index is 0.00721. The number of anilines is 1. The maximum atomic E-state index is 12.9. The molecule has 1 aliphatic carbocycles. The minimum Gasteiger partial charge on any atom is -0.349 e. The van der Waals surface area contributed by atoms with E-state index in [2.05, 4.69) is 19.6 Å². The number of fused-ring (bicyclic) bond motifs is 3. The van der Waals surface area contributed by atoms with E-state index in [0.717, 1.165) is 23.9 Å². The topological polar surface area (TPSA) is 98.4 Å². The van der Waals surface area contributed by atoms with Gasteiger partial charge >= 0.3 is 6.18 Å². The standard InChI is InChI=1S/C20H26F3N5O3S/c1-2-27-12-28(17-15-7-8-24-18(15)25-10-16(17)19(27)29)14-5-3-13(4-6-14)9-26-32(30,31)11-20(21,22)23/h7-8,10,13-14,26H,2-6,9,11-12H2,1H3,(H,24,25). The molecule has 1 fully saturated rings. The molecule has 1 amide bonds. The molecule has 8 nitrogen and oxygen atoms in total. The quantitative estimate of drug-likeness (QED) is 0.672. The van der Waals surface area contributed by atoms with Crippen molar-refractivity contribution in [1.29, 1.82) is 0 Å². The number of nitrogens with one attached hydrogen (secondary N) is 2.